The molecule has 4 heteroatoms. The quantitative estimate of drug-likeness (QED) is 0.227. The van der Waals surface area contributed by atoms with Gasteiger partial charge in [-0.05, 0) is 31.9 Å². The number of fused-ring (bicyclic) bond motifs is 1. The van der Waals surface area contributed by atoms with E-state index in [2.05, 4.69) is 29.2 Å². The molecule has 1 aromatic carbocycles. The molecule has 0 fully saturated rings. The van der Waals surface area contributed by atoms with Crippen LogP contribution in [0.3, 0.4) is 0 Å². The largest absolute Gasteiger partial charge is 0.393 e. The van der Waals surface area contributed by atoms with Gasteiger partial charge in [0.25, 0.3) is 0 Å². The molecule has 2 nitrogen and oxygen atoms in total. The molecule has 0 amide bonds. The first-order valence-electron chi connectivity index (χ1n) is 10.9. The molecule has 1 unspecified atom stereocenters. The first-order valence-corrected chi connectivity index (χ1v) is 12.7. The highest BCUT2D eigenvalue weighted by atomic mass is 32.2. The molecule has 0 radical (unpaired) electrons. The monoisotopic (exact) mass is 407 g/mol. The van der Waals surface area contributed by atoms with Crippen molar-refractivity contribution in [2.24, 2.45) is 0 Å². The van der Waals surface area contributed by atoms with E-state index in [1.165, 1.54) is 91.8 Å². The van der Waals surface area contributed by atoms with Crippen LogP contribution >= 0.6 is 23.1 Å². The predicted molar refractivity (Wildman–Crippen MR) is 122 cm³/mol. The Kier molecular flexibility index (Phi) is 12.1. The smallest absolute Gasteiger partial charge is 0.151 e. The molecule has 0 aliphatic heterocycles. The van der Waals surface area contributed by atoms with Crippen LogP contribution in [0.1, 0.15) is 90.4 Å². The summed E-state index contributed by atoms with van der Waals surface area (Å²) >= 11 is 3.75. The lowest BCUT2D eigenvalue weighted by Crippen LogP contribution is -1.98. The zero-order valence-corrected chi connectivity index (χ0v) is 18.6. The topological polar surface area (TPSA) is 33.1 Å². The number of hydrogen-bond acceptors (Lipinski definition) is 4. The minimum absolute atomic E-state index is 0.115. The summed E-state index contributed by atoms with van der Waals surface area (Å²) in [6.45, 7) is 1.89. The van der Waals surface area contributed by atoms with E-state index in [0.29, 0.717) is 0 Å². The lowest BCUT2D eigenvalue weighted by atomic mass is 10.0. The third-order valence-electron chi connectivity index (χ3n) is 5.02. The van der Waals surface area contributed by atoms with E-state index in [-0.39, 0.29) is 6.10 Å². The number of thiazole rings is 1. The van der Waals surface area contributed by atoms with Crippen LogP contribution in [-0.4, -0.2) is 21.9 Å². The zero-order chi connectivity index (χ0) is 19.2. The van der Waals surface area contributed by atoms with E-state index < -0.39 is 0 Å². The highest BCUT2D eigenvalue weighted by Crippen LogP contribution is 2.29. The van der Waals surface area contributed by atoms with Crippen LogP contribution in [0.4, 0.5) is 0 Å². The first kappa shape index (κ1) is 22.7. The number of unbranched alkanes of at least 4 members (excludes halogenated alkanes) is 11. The van der Waals surface area contributed by atoms with Gasteiger partial charge < -0.3 is 5.11 Å². The van der Waals surface area contributed by atoms with Crippen molar-refractivity contribution in [1.82, 2.24) is 4.98 Å². The summed E-state index contributed by atoms with van der Waals surface area (Å²) < 4.78 is 2.53. The highest BCUT2D eigenvalue weighted by molar-refractivity contribution is 8.01. The lowest BCUT2D eigenvalue weighted by molar-refractivity contribution is 0.180. The minimum atomic E-state index is -0.115. The lowest BCUT2D eigenvalue weighted by Gasteiger charge is -2.04. The number of thioether (sulfide) groups is 1. The van der Waals surface area contributed by atoms with Crippen molar-refractivity contribution < 1.29 is 5.11 Å². The molecule has 2 aromatic rings. The van der Waals surface area contributed by atoms with Crippen molar-refractivity contribution in [1.29, 1.82) is 0 Å². The second kappa shape index (κ2) is 14.4. The fraction of sp³-hybridized carbons (Fsp3) is 0.696. The van der Waals surface area contributed by atoms with Crippen molar-refractivity contribution in [3.63, 3.8) is 0 Å². The van der Waals surface area contributed by atoms with Gasteiger partial charge in [0, 0.05) is 5.75 Å². The second-order valence-corrected chi connectivity index (χ2v) is 10.0. The number of aliphatic hydroxyl groups excluding tert-OH is 1. The van der Waals surface area contributed by atoms with Gasteiger partial charge in [-0.2, -0.15) is 0 Å². The Labute approximate surface area is 174 Å². The second-order valence-electron chi connectivity index (χ2n) is 7.68. The van der Waals surface area contributed by atoms with Gasteiger partial charge in [0.05, 0.1) is 16.3 Å². The average Bonchev–Trinajstić information content (AvgIpc) is 3.07. The minimum Gasteiger partial charge on any atom is -0.393 e. The summed E-state index contributed by atoms with van der Waals surface area (Å²) in [6.07, 6.45) is 17.2. The third kappa shape index (κ3) is 10.5. The molecule has 1 aromatic heterocycles. The summed E-state index contributed by atoms with van der Waals surface area (Å²) in [7, 11) is 0. The van der Waals surface area contributed by atoms with Crippen LogP contribution in [0.5, 0.6) is 0 Å². The number of hydrogen-bond donors (Lipinski definition) is 1. The van der Waals surface area contributed by atoms with Crippen LogP contribution in [0.2, 0.25) is 0 Å². The zero-order valence-electron chi connectivity index (χ0n) is 17.0. The Hall–Kier alpha value is -0.580. The van der Waals surface area contributed by atoms with Gasteiger partial charge in [-0.15, -0.1) is 11.3 Å². The molecule has 0 saturated carbocycles. The molecular weight excluding hydrogens is 370 g/mol. The van der Waals surface area contributed by atoms with Crippen LogP contribution in [0.15, 0.2) is 28.6 Å². The fourth-order valence-electron chi connectivity index (χ4n) is 3.38. The van der Waals surface area contributed by atoms with Crippen molar-refractivity contribution in [3.8, 4) is 0 Å². The van der Waals surface area contributed by atoms with Gasteiger partial charge in [-0.25, -0.2) is 4.98 Å². The SMILES string of the molecule is CC(O)CCCCCCCCCCCCCCSc1nc2ccccc2s1. The highest BCUT2D eigenvalue weighted by Gasteiger charge is 2.03. The maximum atomic E-state index is 9.22. The molecular formula is C23H37NOS2. The van der Waals surface area contributed by atoms with Gasteiger partial charge in [0.2, 0.25) is 0 Å². The van der Waals surface area contributed by atoms with E-state index in [0.717, 1.165) is 11.9 Å². The van der Waals surface area contributed by atoms with Gasteiger partial charge in [0.1, 0.15) is 0 Å². The van der Waals surface area contributed by atoms with Gasteiger partial charge in [-0.1, -0.05) is 94.5 Å². The maximum absolute atomic E-state index is 9.22. The maximum Gasteiger partial charge on any atom is 0.151 e. The standard InChI is InChI=1S/C23H37NOS2/c1-20(25)16-12-10-8-6-4-2-3-5-7-9-11-15-19-26-23-24-21-17-13-14-18-22(21)27-23/h13-14,17-18,20,25H,2-12,15-16,19H2,1H3. The normalized spacial score (nSPS) is 12.7. The van der Waals surface area contributed by atoms with Gasteiger partial charge in [0.15, 0.2) is 4.34 Å². The van der Waals surface area contributed by atoms with Crippen LogP contribution in [0.25, 0.3) is 10.2 Å². The van der Waals surface area contributed by atoms with E-state index in [9.17, 15) is 5.11 Å². The Bertz CT molecular complexity index is 578. The van der Waals surface area contributed by atoms with E-state index in [4.69, 9.17) is 0 Å². The molecule has 0 spiro atoms. The van der Waals surface area contributed by atoms with Crippen molar-refractivity contribution >= 4 is 33.3 Å². The van der Waals surface area contributed by atoms with Gasteiger partial charge >= 0.3 is 0 Å². The molecule has 0 aliphatic carbocycles. The van der Waals surface area contributed by atoms with Crippen LogP contribution in [-0.2, 0) is 0 Å². The van der Waals surface area contributed by atoms with Crippen molar-refractivity contribution in [2.45, 2.75) is 101 Å². The number of rotatable bonds is 16. The molecule has 152 valence electrons. The average molecular weight is 408 g/mol. The fourth-order valence-corrected chi connectivity index (χ4v) is 5.52. The number of aromatic nitrogens is 1. The summed E-state index contributed by atoms with van der Waals surface area (Å²) in [6, 6.07) is 8.42. The number of aliphatic hydroxyl groups is 1. The van der Waals surface area contributed by atoms with Crippen LogP contribution < -0.4 is 0 Å². The Morgan fingerprint density at radius 1 is 0.852 bits per heavy atom. The first-order chi connectivity index (χ1) is 13.3. The molecule has 0 bridgehead atoms. The summed E-state index contributed by atoms with van der Waals surface area (Å²) in [4.78, 5) is 4.69. The molecule has 1 atom stereocenters. The summed E-state index contributed by atoms with van der Waals surface area (Å²) in [5, 5.41) is 9.22. The van der Waals surface area contributed by atoms with E-state index >= 15 is 0 Å². The summed E-state index contributed by atoms with van der Waals surface area (Å²) in [5.41, 5.74) is 1.14. The molecule has 0 aliphatic rings. The Morgan fingerprint density at radius 2 is 1.41 bits per heavy atom. The molecule has 27 heavy (non-hydrogen) atoms. The van der Waals surface area contributed by atoms with Gasteiger partial charge in [-0.3, -0.25) is 0 Å². The van der Waals surface area contributed by atoms with E-state index in [1.54, 1.807) is 0 Å². The molecule has 1 N–H and O–H groups in total. The molecule has 1 heterocycles. The Morgan fingerprint density at radius 3 is 2.00 bits per heavy atom. The van der Waals surface area contributed by atoms with E-state index in [1.807, 2.05) is 30.0 Å². The number of benzene rings is 1. The molecule has 2 rings (SSSR count). The Balaban J connectivity index is 1.33. The van der Waals surface area contributed by atoms with Crippen molar-refractivity contribution in [2.75, 3.05) is 5.75 Å². The number of para-hydroxylation sites is 1. The third-order valence-corrected chi connectivity index (χ3v) is 7.28. The predicted octanol–water partition coefficient (Wildman–Crippen LogP) is 7.84. The molecule has 0 saturated heterocycles. The summed E-state index contributed by atoms with van der Waals surface area (Å²) in [5.74, 6) is 1.20. The van der Waals surface area contributed by atoms with Crippen molar-refractivity contribution in [3.05, 3.63) is 24.3 Å². The van der Waals surface area contributed by atoms with Crippen LogP contribution in [0, 0.1) is 0 Å². The number of nitrogens with zero attached hydrogens (tertiary/aromatic N) is 1.